The van der Waals surface area contributed by atoms with Crippen molar-refractivity contribution < 1.29 is 14.7 Å². The number of hydrogen-bond donors (Lipinski definition) is 1. The van der Waals surface area contributed by atoms with Crippen molar-refractivity contribution in [3.63, 3.8) is 0 Å². The number of aliphatic hydroxyl groups excluding tert-OH is 1. The number of carbonyl (C=O) groups excluding carboxylic acids is 2. The highest BCUT2D eigenvalue weighted by Gasteiger charge is 2.31. The first kappa shape index (κ1) is 20.6. The van der Waals surface area contributed by atoms with Crippen molar-refractivity contribution in [2.45, 2.75) is 77.1 Å². The van der Waals surface area contributed by atoms with Crippen molar-refractivity contribution in [3.05, 3.63) is 46.7 Å². The standard InChI is InChI=1S/C22H32O3Si/c1-26(2,3)16-12-8-6-4-5-7-9-15-19-20(23)17-13-10-11-14-18(17)21(24)22(19)25/h10-11,13-14,25H,4-9,12,15-16H2,1-3H3. The van der Waals surface area contributed by atoms with Gasteiger partial charge in [-0.2, -0.15) is 0 Å². The number of benzene rings is 1. The van der Waals surface area contributed by atoms with E-state index in [2.05, 4.69) is 19.6 Å². The molecule has 0 bridgehead atoms. The van der Waals surface area contributed by atoms with Crippen molar-refractivity contribution in [3.8, 4) is 0 Å². The molecule has 4 heteroatoms. The van der Waals surface area contributed by atoms with Crippen LogP contribution in [0.2, 0.25) is 25.7 Å². The predicted octanol–water partition coefficient (Wildman–Crippen LogP) is 6.34. The number of aliphatic hydroxyl groups is 1. The third-order valence-corrected chi connectivity index (χ3v) is 6.90. The fourth-order valence-electron chi connectivity index (χ4n) is 3.49. The van der Waals surface area contributed by atoms with E-state index in [0.29, 0.717) is 23.1 Å². The molecule has 1 aromatic rings. The zero-order valence-corrected chi connectivity index (χ0v) is 17.4. The Bertz CT molecular complexity index is 683. The van der Waals surface area contributed by atoms with Gasteiger partial charge >= 0.3 is 0 Å². The van der Waals surface area contributed by atoms with Crippen LogP contribution in [0.25, 0.3) is 0 Å². The number of unbranched alkanes of at least 4 members (excludes halogenated alkanes) is 6. The molecule has 1 aliphatic carbocycles. The van der Waals surface area contributed by atoms with Crippen LogP contribution in [-0.4, -0.2) is 24.7 Å². The first-order chi connectivity index (χ1) is 12.3. The second-order valence-electron chi connectivity index (χ2n) is 8.57. The minimum atomic E-state index is -0.890. The lowest BCUT2D eigenvalue weighted by molar-refractivity contribution is 0.0926. The van der Waals surface area contributed by atoms with Crippen LogP contribution in [0, 0.1) is 0 Å². The van der Waals surface area contributed by atoms with Gasteiger partial charge in [0.25, 0.3) is 0 Å². The molecule has 0 aliphatic heterocycles. The molecule has 1 aliphatic rings. The van der Waals surface area contributed by atoms with Gasteiger partial charge in [0.1, 0.15) is 0 Å². The molecule has 0 saturated heterocycles. The van der Waals surface area contributed by atoms with Crippen molar-refractivity contribution >= 4 is 19.6 Å². The molecule has 2 rings (SSSR count). The molecule has 0 amide bonds. The summed E-state index contributed by atoms with van der Waals surface area (Å²) in [4.78, 5) is 24.7. The second kappa shape index (κ2) is 9.31. The summed E-state index contributed by atoms with van der Waals surface area (Å²) in [5.41, 5.74) is 1.04. The summed E-state index contributed by atoms with van der Waals surface area (Å²) in [5.74, 6) is -0.957. The molecule has 0 fully saturated rings. The van der Waals surface area contributed by atoms with Gasteiger partial charge in [-0.25, -0.2) is 0 Å². The monoisotopic (exact) mass is 372 g/mol. The Labute approximate surface area is 158 Å². The topological polar surface area (TPSA) is 54.4 Å². The smallest absolute Gasteiger partial charge is 0.228 e. The molecule has 0 atom stereocenters. The molecule has 0 spiro atoms. The van der Waals surface area contributed by atoms with Crippen molar-refractivity contribution in [2.24, 2.45) is 0 Å². The van der Waals surface area contributed by atoms with E-state index in [1.54, 1.807) is 24.3 Å². The molecule has 26 heavy (non-hydrogen) atoms. The van der Waals surface area contributed by atoms with Gasteiger partial charge in [0.15, 0.2) is 11.5 Å². The summed E-state index contributed by atoms with van der Waals surface area (Å²) in [6, 6.07) is 8.16. The molecule has 3 nitrogen and oxygen atoms in total. The van der Waals surface area contributed by atoms with Gasteiger partial charge in [0.05, 0.1) is 0 Å². The molecular formula is C22H32O3Si. The maximum atomic E-state index is 12.5. The predicted molar refractivity (Wildman–Crippen MR) is 110 cm³/mol. The second-order valence-corrected chi connectivity index (χ2v) is 14.2. The van der Waals surface area contributed by atoms with Crippen LogP contribution >= 0.6 is 0 Å². The Hall–Kier alpha value is -1.68. The SMILES string of the molecule is C[Si](C)(C)CCCCCCCCCC1=C(O)C(=O)c2ccccc2C1=O. The fraction of sp³-hybridized carbons (Fsp3) is 0.545. The molecule has 1 N–H and O–H groups in total. The van der Waals surface area contributed by atoms with Gasteiger partial charge in [0, 0.05) is 24.8 Å². The first-order valence-electron chi connectivity index (χ1n) is 9.92. The van der Waals surface area contributed by atoms with Crippen LogP contribution in [0.4, 0.5) is 0 Å². The summed E-state index contributed by atoms with van der Waals surface area (Å²) in [6.45, 7) is 7.27. The normalized spacial score (nSPS) is 14.7. The van der Waals surface area contributed by atoms with Crippen LogP contribution < -0.4 is 0 Å². The number of ketones is 2. The average Bonchev–Trinajstić information content (AvgIpc) is 2.60. The van der Waals surface area contributed by atoms with Crippen molar-refractivity contribution in [2.75, 3.05) is 0 Å². The third-order valence-electron chi connectivity index (χ3n) is 5.04. The average molecular weight is 373 g/mol. The van der Waals surface area contributed by atoms with Gasteiger partial charge in [-0.1, -0.05) is 88.5 Å². The highest BCUT2D eigenvalue weighted by Crippen LogP contribution is 2.28. The van der Waals surface area contributed by atoms with E-state index in [1.807, 2.05) is 0 Å². The Morgan fingerprint density at radius 3 is 1.85 bits per heavy atom. The molecule has 142 valence electrons. The summed E-state index contributed by atoms with van der Waals surface area (Å²) >= 11 is 0. The van der Waals surface area contributed by atoms with Crippen LogP contribution in [0.3, 0.4) is 0 Å². The molecular weight excluding hydrogens is 340 g/mol. The number of rotatable bonds is 10. The molecule has 0 aromatic heterocycles. The van der Waals surface area contributed by atoms with Crippen LogP contribution in [0.15, 0.2) is 35.6 Å². The van der Waals surface area contributed by atoms with Crippen LogP contribution in [0.1, 0.15) is 72.1 Å². The summed E-state index contributed by atoms with van der Waals surface area (Å²) < 4.78 is 0. The molecule has 0 heterocycles. The highest BCUT2D eigenvalue weighted by molar-refractivity contribution is 6.76. The van der Waals surface area contributed by atoms with E-state index in [1.165, 1.54) is 31.7 Å². The summed E-state index contributed by atoms with van der Waals surface area (Å²) in [7, 11) is -0.890. The van der Waals surface area contributed by atoms with Gasteiger partial charge in [-0.05, 0) is 12.8 Å². The van der Waals surface area contributed by atoms with Gasteiger partial charge in [-0.3, -0.25) is 9.59 Å². The number of carbonyl (C=O) groups is 2. The van der Waals surface area contributed by atoms with Gasteiger partial charge < -0.3 is 5.11 Å². The summed E-state index contributed by atoms with van der Waals surface area (Å²) in [6.07, 6.45) is 8.70. The fourth-order valence-corrected chi connectivity index (χ4v) is 4.80. The van der Waals surface area contributed by atoms with Gasteiger partial charge in [-0.15, -0.1) is 0 Å². The Morgan fingerprint density at radius 1 is 0.769 bits per heavy atom. The maximum absolute atomic E-state index is 12.5. The number of hydrogen-bond acceptors (Lipinski definition) is 3. The van der Waals surface area contributed by atoms with Crippen molar-refractivity contribution in [1.29, 1.82) is 0 Å². The lowest BCUT2D eigenvalue weighted by atomic mass is 9.86. The lowest BCUT2D eigenvalue weighted by Gasteiger charge is -2.17. The lowest BCUT2D eigenvalue weighted by Crippen LogP contribution is -2.22. The zero-order chi connectivity index (χ0) is 19.2. The van der Waals surface area contributed by atoms with E-state index < -0.39 is 13.9 Å². The minimum Gasteiger partial charge on any atom is -0.504 e. The Morgan fingerprint density at radius 2 is 1.27 bits per heavy atom. The molecule has 0 saturated carbocycles. The Kier molecular flexibility index (Phi) is 7.39. The number of Topliss-reactive ketones (excluding diaryl/α,β-unsaturated/α-hetero) is 2. The van der Waals surface area contributed by atoms with E-state index >= 15 is 0 Å². The quantitative estimate of drug-likeness (QED) is 0.385. The van der Waals surface area contributed by atoms with Crippen LogP contribution in [-0.2, 0) is 0 Å². The van der Waals surface area contributed by atoms with E-state index in [-0.39, 0.29) is 11.5 Å². The number of allylic oxidation sites excluding steroid dienone is 2. The maximum Gasteiger partial charge on any atom is 0.228 e. The van der Waals surface area contributed by atoms with Gasteiger partial charge in [0.2, 0.25) is 5.78 Å². The van der Waals surface area contributed by atoms with E-state index in [9.17, 15) is 14.7 Å². The third kappa shape index (κ3) is 5.66. The summed E-state index contributed by atoms with van der Waals surface area (Å²) in [5, 5.41) is 10.1. The highest BCUT2D eigenvalue weighted by atomic mass is 28.3. The molecule has 0 radical (unpaired) electrons. The van der Waals surface area contributed by atoms with Crippen molar-refractivity contribution in [1.82, 2.24) is 0 Å². The largest absolute Gasteiger partial charge is 0.504 e. The molecule has 0 unspecified atom stereocenters. The Balaban J connectivity index is 1.71. The first-order valence-corrected chi connectivity index (χ1v) is 13.6. The number of fused-ring (bicyclic) bond motifs is 1. The van der Waals surface area contributed by atoms with E-state index in [4.69, 9.17) is 0 Å². The van der Waals surface area contributed by atoms with E-state index in [0.717, 1.165) is 19.3 Å². The van der Waals surface area contributed by atoms with Crippen LogP contribution in [0.5, 0.6) is 0 Å². The zero-order valence-electron chi connectivity index (χ0n) is 16.4. The minimum absolute atomic E-state index is 0.191. The molecule has 1 aromatic carbocycles.